The van der Waals surface area contributed by atoms with Crippen molar-refractivity contribution in [2.45, 2.75) is 37.7 Å². The summed E-state index contributed by atoms with van der Waals surface area (Å²) in [7, 11) is 3.05. The second-order valence-electron chi connectivity index (χ2n) is 4.23. The summed E-state index contributed by atoms with van der Waals surface area (Å²) in [6.45, 7) is 2.31. The van der Waals surface area contributed by atoms with Gasteiger partial charge >= 0.3 is 6.09 Å². The minimum atomic E-state index is -1.45. The lowest BCUT2D eigenvalue weighted by Crippen LogP contribution is -2.62. The molecular formula is C12H21NO5. The van der Waals surface area contributed by atoms with Crippen LogP contribution in [0.3, 0.4) is 0 Å². The monoisotopic (exact) mass is 259 g/mol. The molecule has 104 valence electrons. The first-order valence-corrected chi connectivity index (χ1v) is 5.95. The van der Waals surface area contributed by atoms with E-state index in [2.05, 4.69) is 5.32 Å². The maximum atomic E-state index is 11.4. The van der Waals surface area contributed by atoms with Crippen LogP contribution in [0.25, 0.3) is 0 Å². The van der Waals surface area contributed by atoms with Gasteiger partial charge in [-0.15, -0.1) is 0 Å². The smallest absolute Gasteiger partial charge is 0.409 e. The van der Waals surface area contributed by atoms with Gasteiger partial charge in [0.1, 0.15) is 12.2 Å². The van der Waals surface area contributed by atoms with Crippen LogP contribution < -0.4 is 5.32 Å². The third kappa shape index (κ3) is 3.69. The number of nitrogens with one attached hydrogen (secondary N) is 1. The highest BCUT2D eigenvalue weighted by molar-refractivity contribution is 5.69. The largest absolute Gasteiger partial charge is 0.446 e. The van der Waals surface area contributed by atoms with Crippen molar-refractivity contribution in [2.75, 3.05) is 20.8 Å². The standard InChI is InChI=1S/C12H21NO5/c1-4-9-8-12(15,13-11(14)18-9)10(17-3)6-5-7-16-2/h5-6,9-10,15H,4,7-8H2,1-3H3,(H,13,14)/b6-5+. The first kappa shape index (κ1) is 14.9. The number of ether oxygens (including phenoxy) is 3. The lowest BCUT2D eigenvalue weighted by atomic mass is 9.96. The first-order valence-electron chi connectivity index (χ1n) is 5.95. The summed E-state index contributed by atoms with van der Waals surface area (Å²) in [5.41, 5.74) is -1.45. The van der Waals surface area contributed by atoms with E-state index in [1.54, 1.807) is 19.3 Å². The molecule has 0 aromatic carbocycles. The van der Waals surface area contributed by atoms with Gasteiger partial charge in [-0.05, 0) is 6.42 Å². The van der Waals surface area contributed by atoms with Crippen LogP contribution >= 0.6 is 0 Å². The molecule has 1 aliphatic heterocycles. The van der Waals surface area contributed by atoms with Crippen molar-refractivity contribution in [1.29, 1.82) is 0 Å². The van der Waals surface area contributed by atoms with Crippen LogP contribution in [0.5, 0.6) is 0 Å². The van der Waals surface area contributed by atoms with E-state index in [1.807, 2.05) is 6.92 Å². The molecule has 0 aliphatic carbocycles. The Hall–Kier alpha value is -1.11. The average Bonchev–Trinajstić information content (AvgIpc) is 2.33. The van der Waals surface area contributed by atoms with Gasteiger partial charge in [-0.25, -0.2) is 4.79 Å². The normalized spacial score (nSPS) is 30.0. The zero-order valence-corrected chi connectivity index (χ0v) is 11.0. The molecule has 1 rings (SSSR count). The van der Waals surface area contributed by atoms with Crippen molar-refractivity contribution in [3.63, 3.8) is 0 Å². The van der Waals surface area contributed by atoms with Gasteiger partial charge in [-0.2, -0.15) is 0 Å². The highest BCUT2D eigenvalue weighted by atomic mass is 16.6. The third-order valence-corrected chi connectivity index (χ3v) is 2.88. The Morgan fingerprint density at radius 2 is 2.39 bits per heavy atom. The molecule has 1 amide bonds. The SMILES string of the molecule is CCC1CC(O)(C(/C=C/COC)OC)NC(=O)O1. The number of alkyl carbamates (subject to hydrolysis) is 1. The maximum absolute atomic E-state index is 11.4. The Kier molecular flexibility index (Phi) is 5.58. The lowest BCUT2D eigenvalue weighted by Gasteiger charge is -2.40. The van der Waals surface area contributed by atoms with Crippen molar-refractivity contribution >= 4 is 6.09 Å². The Morgan fingerprint density at radius 1 is 1.67 bits per heavy atom. The predicted octanol–water partition coefficient (Wildman–Crippen LogP) is 0.801. The molecule has 6 heteroatoms. The van der Waals surface area contributed by atoms with E-state index in [1.165, 1.54) is 7.11 Å². The molecule has 0 aromatic rings. The summed E-state index contributed by atoms with van der Waals surface area (Å²) >= 11 is 0. The number of cyclic esters (lactones) is 1. The Balaban J connectivity index is 2.77. The minimum absolute atomic E-state index is 0.283. The predicted molar refractivity (Wildman–Crippen MR) is 65.1 cm³/mol. The van der Waals surface area contributed by atoms with Crippen molar-refractivity contribution in [3.8, 4) is 0 Å². The zero-order valence-electron chi connectivity index (χ0n) is 11.0. The van der Waals surface area contributed by atoms with Crippen LogP contribution in [-0.4, -0.2) is 50.0 Å². The minimum Gasteiger partial charge on any atom is -0.446 e. The number of hydrogen-bond acceptors (Lipinski definition) is 5. The number of hydrogen-bond donors (Lipinski definition) is 2. The number of methoxy groups -OCH3 is 2. The van der Waals surface area contributed by atoms with Gasteiger partial charge in [0.25, 0.3) is 0 Å². The number of carbonyl (C=O) groups is 1. The summed E-state index contributed by atoms with van der Waals surface area (Å²) in [6, 6.07) is 0. The molecule has 1 fully saturated rings. The summed E-state index contributed by atoms with van der Waals surface area (Å²) in [5, 5.41) is 12.9. The van der Waals surface area contributed by atoms with Gasteiger partial charge in [0, 0.05) is 20.6 Å². The molecule has 1 aliphatic rings. The Labute approximate surface area is 107 Å². The molecule has 0 saturated carbocycles. The van der Waals surface area contributed by atoms with Crippen molar-refractivity contribution < 1.29 is 24.1 Å². The maximum Gasteiger partial charge on any atom is 0.409 e. The average molecular weight is 259 g/mol. The van der Waals surface area contributed by atoms with Gasteiger partial charge in [-0.1, -0.05) is 19.1 Å². The molecule has 2 N–H and O–H groups in total. The molecule has 0 bridgehead atoms. The van der Waals surface area contributed by atoms with Crippen molar-refractivity contribution in [3.05, 3.63) is 12.2 Å². The fraction of sp³-hybridized carbons (Fsp3) is 0.750. The molecule has 3 atom stereocenters. The van der Waals surface area contributed by atoms with E-state index >= 15 is 0 Å². The van der Waals surface area contributed by atoms with E-state index in [0.717, 1.165) is 0 Å². The number of amides is 1. The molecular weight excluding hydrogens is 238 g/mol. The molecule has 1 saturated heterocycles. The van der Waals surface area contributed by atoms with Gasteiger partial charge in [-0.3, -0.25) is 5.32 Å². The van der Waals surface area contributed by atoms with Gasteiger partial charge in [0.05, 0.1) is 6.61 Å². The van der Waals surface area contributed by atoms with Crippen LogP contribution in [0.4, 0.5) is 4.79 Å². The molecule has 6 nitrogen and oxygen atoms in total. The van der Waals surface area contributed by atoms with Crippen molar-refractivity contribution in [1.82, 2.24) is 5.32 Å². The summed E-state index contributed by atoms with van der Waals surface area (Å²) < 4.78 is 15.1. The molecule has 3 unspecified atom stereocenters. The zero-order chi connectivity index (χ0) is 13.6. The van der Waals surface area contributed by atoms with Crippen LogP contribution in [-0.2, 0) is 14.2 Å². The van der Waals surface area contributed by atoms with E-state index in [0.29, 0.717) is 13.0 Å². The van der Waals surface area contributed by atoms with Crippen LogP contribution in [0.15, 0.2) is 12.2 Å². The summed E-state index contributed by atoms with van der Waals surface area (Å²) in [5.74, 6) is 0. The second kappa shape index (κ2) is 6.72. The quantitative estimate of drug-likeness (QED) is 0.690. The van der Waals surface area contributed by atoms with Crippen LogP contribution in [0.2, 0.25) is 0 Å². The van der Waals surface area contributed by atoms with Crippen molar-refractivity contribution in [2.24, 2.45) is 0 Å². The number of rotatable bonds is 6. The first-order chi connectivity index (χ1) is 8.55. The third-order valence-electron chi connectivity index (χ3n) is 2.88. The Bertz CT molecular complexity index is 307. The summed E-state index contributed by atoms with van der Waals surface area (Å²) in [4.78, 5) is 11.4. The Morgan fingerprint density at radius 3 is 2.94 bits per heavy atom. The topological polar surface area (TPSA) is 77.0 Å². The van der Waals surface area contributed by atoms with Crippen LogP contribution in [0.1, 0.15) is 19.8 Å². The highest BCUT2D eigenvalue weighted by Crippen LogP contribution is 2.25. The number of aliphatic hydroxyl groups is 1. The van der Waals surface area contributed by atoms with E-state index in [4.69, 9.17) is 14.2 Å². The molecule has 18 heavy (non-hydrogen) atoms. The molecule has 0 radical (unpaired) electrons. The molecule has 0 aromatic heterocycles. The van der Waals surface area contributed by atoms with E-state index in [9.17, 15) is 9.90 Å². The fourth-order valence-electron chi connectivity index (χ4n) is 1.92. The molecule has 1 heterocycles. The van der Waals surface area contributed by atoms with Gasteiger partial charge in [0.15, 0.2) is 5.72 Å². The highest BCUT2D eigenvalue weighted by Gasteiger charge is 2.44. The molecule has 0 spiro atoms. The van der Waals surface area contributed by atoms with Gasteiger partial charge in [0.2, 0.25) is 0 Å². The summed E-state index contributed by atoms with van der Waals surface area (Å²) in [6.07, 6.45) is 2.75. The van der Waals surface area contributed by atoms with E-state index in [-0.39, 0.29) is 12.5 Å². The second-order valence-corrected chi connectivity index (χ2v) is 4.23. The lowest BCUT2D eigenvalue weighted by molar-refractivity contribution is -0.134. The van der Waals surface area contributed by atoms with Gasteiger partial charge < -0.3 is 19.3 Å². The number of carbonyl (C=O) groups excluding carboxylic acids is 1. The van der Waals surface area contributed by atoms with E-state index < -0.39 is 17.9 Å². The van der Waals surface area contributed by atoms with Crippen LogP contribution in [0, 0.1) is 0 Å². The fourth-order valence-corrected chi connectivity index (χ4v) is 1.92.